The number of aliphatic hydroxyl groups excluding tert-OH is 1. The fourth-order valence-electron chi connectivity index (χ4n) is 1.87. The zero-order valence-corrected chi connectivity index (χ0v) is 11.7. The molecule has 5 nitrogen and oxygen atoms in total. The molecule has 2 aromatic rings. The normalized spacial score (nSPS) is 12.3. The predicted molar refractivity (Wildman–Crippen MR) is 74.8 cm³/mol. The second kappa shape index (κ2) is 6.65. The van der Waals surface area contributed by atoms with Gasteiger partial charge in [0.1, 0.15) is 11.8 Å². The Morgan fingerprint density at radius 3 is 2.80 bits per heavy atom. The van der Waals surface area contributed by atoms with Crippen LogP contribution in [0.2, 0.25) is 5.02 Å². The maximum atomic E-state index is 12.4. The lowest BCUT2D eigenvalue weighted by Crippen LogP contribution is -2.19. The summed E-state index contributed by atoms with van der Waals surface area (Å²) in [7, 11) is 1.56. The van der Waals surface area contributed by atoms with Crippen molar-refractivity contribution in [2.45, 2.75) is 12.6 Å². The van der Waals surface area contributed by atoms with Gasteiger partial charge < -0.3 is 9.84 Å². The number of halogens is 1. The molecule has 0 saturated carbocycles. The highest BCUT2D eigenvalue weighted by Crippen LogP contribution is 2.23. The third-order valence-corrected chi connectivity index (χ3v) is 3.18. The third-order valence-electron chi connectivity index (χ3n) is 2.90. The lowest BCUT2D eigenvalue weighted by atomic mass is 10.0. The lowest BCUT2D eigenvalue weighted by molar-refractivity contribution is 0.0733. The van der Waals surface area contributed by atoms with Gasteiger partial charge in [0.05, 0.1) is 24.4 Å². The number of carbonyl (C=O) groups excluding carboxylic acids is 1. The Labute approximate surface area is 121 Å². The third kappa shape index (κ3) is 3.07. The molecule has 0 spiro atoms. The first-order valence-electron chi connectivity index (χ1n) is 6.12. The minimum atomic E-state index is -1.26. The van der Waals surface area contributed by atoms with E-state index >= 15 is 0 Å². The van der Waals surface area contributed by atoms with Crippen LogP contribution in [0.15, 0.2) is 36.5 Å². The molecule has 0 saturated heterocycles. The topological polar surface area (TPSA) is 64.4 Å². The first-order valence-corrected chi connectivity index (χ1v) is 6.50. The summed E-state index contributed by atoms with van der Waals surface area (Å²) in [5, 5.41) is 14.4. The molecule has 2 rings (SSSR count). The fraction of sp³-hybridized carbons (Fsp3) is 0.286. The maximum absolute atomic E-state index is 12.4. The van der Waals surface area contributed by atoms with Crippen molar-refractivity contribution in [1.29, 1.82) is 0 Å². The molecule has 6 heteroatoms. The summed E-state index contributed by atoms with van der Waals surface area (Å²) in [6.07, 6.45) is 0.133. The molecular weight excluding hydrogens is 280 g/mol. The van der Waals surface area contributed by atoms with E-state index in [1.807, 2.05) is 6.07 Å². The monoisotopic (exact) mass is 294 g/mol. The van der Waals surface area contributed by atoms with Crippen LogP contribution in [0.1, 0.15) is 22.2 Å². The molecule has 106 valence electrons. The van der Waals surface area contributed by atoms with Gasteiger partial charge in [-0.25, -0.2) is 0 Å². The zero-order chi connectivity index (χ0) is 14.5. The Morgan fingerprint density at radius 2 is 2.15 bits per heavy atom. The van der Waals surface area contributed by atoms with Crippen molar-refractivity contribution in [3.05, 3.63) is 52.8 Å². The largest absolute Gasteiger partial charge is 0.383 e. The molecule has 1 aromatic heterocycles. The van der Waals surface area contributed by atoms with Crippen LogP contribution >= 0.6 is 11.6 Å². The van der Waals surface area contributed by atoms with Crippen LogP contribution in [0.5, 0.6) is 0 Å². The molecule has 1 N–H and O–H groups in total. The Bertz CT molecular complexity index is 583. The van der Waals surface area contributed by atoms with Crippen LogP contribution in [0, 0.1) is 0 Å². The summed E-state index contributed by atoms with van der Waals surface area (Å²) >= 11 is 5.99. The van der Waals surface area contributed by atoms with Gasteiger partial charge in [-0.1, -0.05) is 41.9 Å². The Hall–Kier alpha value is -1.69. The average Bonchev–Trinajstić information content (AvgIpc) is 2.85. The van der Waals surface area contributed by atoms with E-state index in [4.69, 9.17) is 16.3 Å². The Morgan fingerprint density at radius 1 is 1.45 bits per heavy atom. The summed E-state index contributed by atoms with van der Waals surface area (Å²) in [5.74, 6) is -0.477. The highest BCUT2D eigenvalue weighted by atomic mass is 35.5. The van der Waals surface area contributed by atoms with E-state index in [1.165, 1.54) is 10.9 Å². The molecule has 0 bridgehead atoms. The van der Waals surface area contributed by atoms with E-state index in [0.717, 1.165) is 0 Å². The highest BCUT2D eigenvalue weighted by molar-refractivity contribution is 6.33. The number of aromatic nitrogens is 2. The maximum Gasteiger partial charge on any atom is 0.215 e. The zero-order valence-electron chi connectivity index (χ0n) is 11.0. The van der Waals surface area contributed by atoms with Gasteiger partial charge in [0, 0.05) is 7.11 Å². The van der Waals surface area contributed by atoms with Crippen LogP contribution < -0.4 is 0 Å². The molecule has 1 aromatic carbocycles. The van der Waals surface area contributed by atoms with E-state index in [0.29, 0.717) is 18.7 Å². The first-order chi connectivity index (χ1) is 9.65. The van der Waals surface area contributed by atoms with Crippen LogP contribution in [-0.4, -0.2) is 34.4 Å². The van der Waals surface area contributed by atoms with Crippen molar-refractivity contribution >= 4 is 17.4 Å². The molecular formula is C14H15ClN2O3. The van der Waals surface area contributed by atoms with Crippen molar-refractivity contribution in [1.82, 2.24) is 9.78 Å². The number of nitrogens with zero attached hydrogens (tertiary/aromatic N) is 2. The van der Waals surface area contributed by atoms with Crippen molar-refractivity contribution in [3.63, 3.8) is 0 Å². The summed E-state index contributed by atoms with van der Waals surface area (Å²) in [6, 6.07) is 8.71. The van der Waals surface area contributed by atoms with E-state index in [-0.39, 0.29) is 10.7 Å². The summed E-state index contributed by atoms with van der Waals surface area (Å²) in [4.78, 5) is 12.4. The molecule has 1 unspecified atom stereocenters. The quantitative estimate of drug-likeness (QED) is 0.829. The van der Waals surface area contributed by atoms with Gasteiger partial charge in [0.15, 0.2) is 0 Å². The Balaban J connectivity index is 2.27. The lowest BCUT2D eigenvalue weighted by Gasteiger charge is -2.12. The molecule has 0 amide bonds. The summed E-state index contributed by atoms with van der Waals surface area (Å²) in [6.45, 7) is 0.797. The van der Waals surface area contributed by atoms with Crippen molar-refractivity contribution in [2.24, 2.45) is 0 Å². The molecule has 0 aliphatic heterocycles. The number of ether oxygens (including phenoxy) is 1. The molecule has 20 heavy (non-hydrogen) atoms. The van der Waals surface area contributed by atoms with Gasteiger partial charge in [-0.2, -0.15) is 5.10 Å². The summed E-state index contributed by atoms with van der Waals surface area (Å²) in [5.41, 5.74) is 0.716. The van der Waals surface area contributed by atoms with E-state index in [1.54, 1.807) is 31.4 Å². The SMILES string of the molecule is COCCn1ncc(Cl)c1C(=O)C(O)c1ccccc1. The molecule has 0 aliphatic rings. The highest BCUT2D eigenvalue weighted by Gasteiger charge is 2.25. The number of hydrogen-bond donors (Lipinski definition) is 1. The van der Waals surface area contributed by atoms with E-state index in [2.05, 4.69) is 5.10 Å². The standard InChI is InChI=1S/C14H15ClN2O3/c1-20-8-7-17-12(11(15)9-16-17)14(19)13(18)10-5-3-2-4-6-10/h2-6,9,13,18H,7-8H2,1H3. The first kappa shape index (κ1) is 14.7. The smallest absolute Gasteiger partial charge is 0.215 e. The van der Waals surface area contributed by atoms with Gasteiger partial charge in [-0.05, 0) is 5.56 Å². The molecule has 1 atom stereocenters. The minimum Gasteiger partial charge on any atom is -0.383 e. The van der Waals surface area contributed by atoms with Gasteiger partial charge >= 0.3 is 0 Å². The number of hydrogen-bond acceptors (Lipinski definition) is 4. The van der Waals surface area contributed by atoms with Gasteiger partial charge in [-0.15, -0.1) is 0 Å². The number of rotatable bonds is 6. The van der Waals surface area contributed by atoms with Crippen LogP contribution in [0.3, 0.4) is 0 Å². The molecule has 1 heterocycles. The summed E-state index contributed by atoms with van der Waals surface area (Å²) < 4.78 is 6.40. The van der Waals surface area contributed by atoms with Gasteiger partial charge in [0.2, 0.25) is 5.78 Å². The number of aliphatic hydroxyl groups is 1. The number of methoxy groups -OCH3 is 1. The average molecular weight is 295 g/mol. The fourth-order valence-corrected chi connectivity index (χ4v) is 2.11. The van der Waals surface area contributed by atoms with E-state index < -0.39 is 11.9 Å². The predicted octanol–water partition coefficient (Wildman–Crippen LogP) is 2.10. The second-order valence-electron chi connectivity index (χ2n) is 4.23. The van der Waals surface area contributed by atoms with Crippen LogP contribution in [0.25, 0.3) is 0 Å². The minimum absolute atomic E-state index is 0.195. The number of carbonyl (C=O) groups is 1. The van der Waals surface area contributed by atoms with E-state index in [9.17, 15) is 9.90 Å². The van der Waals surface area contributed by atoms with Crippen molar-refractivity contribution < 1.29 is 14.6 Å². The van der Waals surface area contributed by atoms with Crippen LogP contribution in [-0.2, 0) is 11.3 Å². The second-order valence-corrected chi connectivity index (χ2v) is 4.64. The van der Waals surface area contributed by atoms with Crippen LogP contribution in [0.4, 0.5) is 0 Å². The molecule has 0 aliphatic carbocycles. The number of ketones is 1. The Kier molecular flexibility index (Phi) is 4.89. The molecule has 0 fully saturated rings. The number of Topliss-reactive ketones (excluding diaryl/α,β-unsaturated/α-hetero) is 1. The molecule has 0 radical (unpaired) electrons. The van der Waals surface area contributed by atoms with Crippen molar-refractivity contribution in [3.8, 4) is 0 Å². The van der Waals surface area contributed by atoms with Crippen molar-refractivity contribution in [2.75, 3.05) is 13.7 Å². The number of benzene rings is 1. The van der Waals surface area contributed by atoms with Gasteiger partial charge in [-0.3, -0.25) is 9.48 Å². The van der Waals surface area contributed by atoms with Gasteiger partial charge in [0.25, 0.3) is 0 Å².